The van der Waals surface area contributed by atoms with Crippen molar-refractivity contribution >= 4 is 5.91 Å². The van der Waals surface area contributed by atoms with Gasteiger partial charge in [-0.15, -0.1) is 0 Å². The molecule has 0 aliphatic heterocycles. The van der Waals surface area contributed by atoms with Crippen molar-refractivity contribution in [2.45, 2.75) is 6.92 Å². The summed E-state index contributed by atoms with van der Waals surface area (Å²) >= 11 is 0. The Bertz CT molecular complexity index is 150. The van der Waals surface area contributed by atoms with Gasteiger partial charge in [0.25, 0.3) is 0 Å². The van der Waals surface area contributed by atoms with Gasteiger partial charge in [0, 0.05) is 6.54 Å². The summed E-state index contributed by atoms with van der Waals surface area (Å²) < 4.78 is 0. The number of carbonyl (C=O) groups is 1. The van der Waals surface area contributed by atoms with E-state index in [0.29, 0.717) is 6.54 Å². The molecule has 4 nitrogen and oxygen atoms in total. The highest BCUT2D eigenvalue weighted by Crippen LogP contribution is 1.85. The molecule has 1 atom stereocenters. The maximum Gasteiger partial charge on any atom is 0.231 e. The first-order valence-electron chi connectivity index (χ1n) is 3.05. The van der Waals surface area contributed by atoms with Crippen LogP contribution in [0.4, 0.5) is 0 Å². The first-order valence-corrected chi connectivity index (χ1v) is 3.05. The lowest BCUT2D eigenvalue weighted by molar-refractivity contribution is -0.117. The Morgan fingerprint density at radius 1 is 1.90 bits per heavy atom. The van der Waals surface area contributed by atoms with Crippen molar-refractivity contribution in [3.05, 3.63) is 0 Å². The van der Waals surface area contributed by atoms with Gasteiger partial charge >= 0.3 is 0 Å². The Morgan fingerprint density at radius 2 is 2.50 bits per heavy atom. The SMILES string of the molecule is CC(C#N)CNCC(N)=O. The Kier molecular flexibility index (Phi) is 4.25. The van der Waals surface area contributed by atoms with Crippen molar-refractivity contribution in [1.82, 2.24) is 5.32 Å². The number of nitrogens with zero attached hydrogens (tertiary/aromatic N) is 1. The lowest BCUT2D eigenvalue weighted by Crippen LogP contribution is -2.31. The van der Waals surface area contributed by atoms with Gasteiger partial charge in [-0.1, -0.05) is 0 Å². The second kappa shape index (κ2) is 4.77. The summed E-state index contributed by atoms with van der Waals surface area (Å²) in [7, 11) is 0. The van der Waals surface area contributed by atoms with Crippen molar-refractivity contribution in [1.29, 1.82) is 5.26 Å². The average molecular weight is 141 g/mol. The number of primary amides is 1. The fourth-order valence-corrected chi connectivity index (χ4v) is 0.458. The molecule has 0 saturated heterocycles. The standard InChI is InChI=1S/C6H11N3O/c1-5(2-7)3-9-4-6(8)10/h5,9H,3-4H2,1H3,(H2,8,10). The molecule has 0 aliphatic carbocycles. The van der Waals surface area contributed by atoms with E-state index in [1.54, 1.807) is 6.92 Å². The van der Waals surface area contributed by atoms with Crippen LogP contribution in [0.15, 0.2) is 0 Å². The fourth-order valence-electron chi connectivity index (χ4n) is 0.458. The van der Waals surface area contributed by atoms with Gasteiger partial charge in [-0.05, 0) is 6.92 Å². The van der Waals surface area contributed by atoms with Crippen LogP contribution < -0.4 is 11.1 Å². The number of rotatable bonds is 4. The third-order valence-corrected chi connectivity index (χ3v) is 0.970. The molecule has 0 aromatic rings. The maximum absolute atomic E-state index is 10.1. The lowest BCUT2D eigenvalue weighted by atomic mass is 10.2. The highest BCUT2D eigenvalue weighted by atomic mass is 16.1. The number of nitrogens with one attached hydrogen (secondary N) is 1. The minimum absolute atomic E-state index is 0.0700. The molecule has 0 aromatic carbocycles. The van der Waals surface area contributed by atoms with Crippen molar-refractivity contribution in [2.75, 3.05) is 13.1 Å². The van der Waals surface area contributed by atoms with Crippen LogP contribution >= 0.6 is 0 Å². The third kappa shape index (κ3) is 5.06. The summed E-state index contributed by atoms with van der Waals surface area (Å²) in [6.07, 6.45) is 0. The predicted molar refractivity (Wildman–Crippen MR) is 36.8 cm³/mol. The molecule has 3 N–H and O–H groups in total. The predicted octanol–water partition coefficient (Wildman–Crippen LogP) is -0.779. The van der Waals surface area contributed by atoms with Crippen LogP contribution in [-0.4, -0.2) is 19.0 Å². The van der Waals surface area contributed by atoms with Gasteiger partial charge in [0.1, 0.15) is 0 Å². The monoisotopic (exact) mass is 141 g/mol. The molecule has 0 aromatic heterocycles. The Hall–Kier alpha value is -1.08. The molecule has 0 spiro atoms. The Balaban J connectivity index is 3.22. The van der Waals surface area contributed by atoms with Gasteiger partial charge in [-0.3, -0.25) is 4.79 Å². The van der Waals surface area contributed by atoms with Crippen molar-refractivity contribution < 1.29 is 4.79 Å². The zero-order valence-electron chi connectivity index (χ0n) is 5.92. The average Bonchev–Trinajstić information content (AvgIpc) is 1.87. The van der Waals surface area contributed by atoms with Gasteiger partial charge < -0.3 is 11.1 Å². The van der Waals surface area contributed by atoms with Crippen LogP contribution in [-0.2, 0) is 4.79 Å². The van der Waals surface area contributed by atoms with E-state index in [2.05, 4.69) is 5.32 Å². The number of nitrogens with two attached hydrogens (primary N) is 1. The first-order chi connectivity index (χ1) is 4.66. The summed E-state index contributed by atoms with van der Waals surface area (Å²) in [5.41, 5.74) is 4.84. The van der Waals surface area contributed by atoms with E-state index in [4.69, 9.17) is 11.0 Å². The molecule has 56 valence electrons. The molecule has 0 heterocycles. The minimum atomic E-state index is -0.398. The van der Waals surface area contributed by atoms with E-state index in [1.165, 1.54) is 0 Å². The number of amides is 1. The van der Waals surface area contributed by atoms with Crippen LogP contribution in [0.1, 0.15) is 6.92 Å². The van der Waals surface area contributed by atoms with E-state index in [1.807, 2.05) is 6.07 Å². The zero-order valence-corrected chi connectivity index (χ0v) is 5.92. The fraction of sp³-hybridized carbons (Fsp3) is 0.667. The molecule has 4 heteroatoms. The quantitative estimate of drug-likeness (QED) is 0.539. The third-order valence-electron chi connectivity index (χ3n) is 0.970. The summed E-state index contributed by atoms with van der Waals surface area (Å²) in [5.74, 6) is -0.468. The van der Waals surface area contributed by atoms with Crippen molar-refractivity contribution in [2.24, 2.45) is 11.7 Å². The zero-order chi connectivity index (χ0) is 7.98. The van der Waals surface area contributed by atoms with Gasteiger partial charge in [0.2, 0.25) is 5.91 Å². The van der Waals surface area contributed by atoms with Crippen LogP contribution in [0, 0.1) is 17.2 Å². The van der Waals surface area contributed by atoms with Crippen LogP contribution in [0.2, 0.25) is 0 Å². The largest absolute Gasteiger partial charge is 0.369 e. The van der Waals surface area contributed by atoms with E-state index in [0.717, 1.165) is 0 Å². The summed E-state index contributed by atoms with van der Waals surface area (Å²) in [6, 6.07) is 2.02. The number of carbonyl (C=O) groups excluding carboxylic acids is 1. The topological polar surface area (TPSA) is 78.9 Å². The minimum Gasteiger partial charge on any atom is -0.369 e. The maximum atomic E-state index is 10.1. The molecule has 0 fully saturated rings. The summed E-state index contributed by atoms with van der Waals surface area (Å²) in [4.78, 5) is 10.1. The van der Waals surface area contributed by atoms with E-state index in [-0.39, 0.29) is 12.5 Å². The van der Waals surface area contributed by atoms with Crippen molar-refractivity contribution in [3.8, 4) is 6.07 Å². The van der Waals surface area contributed by atoms with Gasteiger partial charge in [0.05, 0.1) is 18.5 Å². The second-order valence-electron chi connectivity index (χ2n) is 2.13. The molecule has 0 bridgehead atoms. The van der Waals surface area contributed by atoms with Crippen LogP contribution in [0.3, 0.4) is 0 Å². The molecule has 1 amide bonds. The lowest BCUT2D eigenvalue weighted by Gasteiger charge is -2.01. The number of nitriles is 1. The van der Waals surface area contributed by atoms with Gasteiger partial charge in [0.15, 0.2) is 0 Å². The molecule has 10 heavy (non-hydrogen) atoms. The second-order valence-corrected chi connectivity index (χ2v) is 2.13. The molecule has 1 unspecified atom stereocenters. The van der Waals surface area contributed by atoms with Gasteiger partial charge in [-0.25, -0.2) is 0 Å². The number of hydrogen-bond acceptors (Lipinski definition) is 3. The molecule has 0 saturated carbocycles. The molecular formula is C6H11N3O. The van der Waals surface area contributed by atoms with E-state index in [9.17, 15) is 4.79 Å². The highest BCUT2D eigenvalue weighted by molar-refractivity contribution is 5.75. The normalized spacial score (nSPS) is 12.0. The Morgan fingerprint density at radius 3 is 2.90 bits per heavy atom. The molecular weight excluding hydrogens is 130 g/mol. The van der Waals surface area contributed by atoms with Gasteiger partial charge in [-0.2, -0.15) is 5.26 Å². The Labute approximate surface area is 60.0 Å². The smallest absolute Gasteiger partial charge is 0.231 e. The van der Waals surface area contributed by atoms with Crippen molar-refractivity contribution in [3.63, 3.8) is 0 Å². The molecule has 0 radical (unpaired) electrons. The van der Waals surface area contributed by atoms with Crippen LogP contribution in [0.25, 0.3) is 0 Å². The summed E-state index contributed by atoms with van der Waals surface area (Å²) in [6.45, 7) is 2.43. The molecule has 0 aliphatic rings. The van der Waals surface area contributed by atoms with E-state index >= 15 is 0 Å². The van der Waals surface area contributed by atoms with E-state index < -0.39 is 5.91 Å². The first kappa shape index (κ1) is 8.92. The highest BCUT2D eigenvalue weighted by Gasteiger charge is 1.98. The molecule has 0 rings (SSSR count). The number of hydrogen-bond donors (Lipinski definition) is 2. The van der Waals surface area contributed by atoms with Crippen LogP contribution in [0.5, 0.6) is 0 Å². The summed E-state index contributed by atoms with van der Waals surface area (Å²) in [5, 5.41) is 11.0.